The van der Waals surface area contributed by atoms with Crippen molar-refractivity contribution in [2.75, 3.05) is 25.7 Å². The smallest absolute Gasteiger partial charge is 0.220 e. The first-order valence-electron chi connectivity index (χ1n) is 7.14. The van der Waals surface area contributed by atoms with E-state index in [9.17, 15) is 13.2 Å². The molecule has 1 aliphatic heterocycles. The molecule has 1 atom stereocenters. The summed E-state index contributed by atoms with van der Waals surface area (Å²) < 4.78 is 33.1. The first-order chi connectivity index (χ1) is 10.4. The molecule has 0 bridgehead atoms. The number of methoxy groups -OCH3 is 2. The average molecular weight is 327 g/mol. The third-order valence-corrected chi connectivity index (χ3v) is 5.45. The number of nitrogens with one attached hydrogen (secondary N) is 1. The molecule has 6 nitrogen and oxygen atoms in total. The summed E-state index contributed by atoms with van der Waals surface area (Å²) in [6.45, 7) is 0. The Balaban J connectivity index is 1.86. The van der Waals surface area contributed by atoms with Crippen molar-refractivity contribution in [2.45, 2.75) is 25.3 Å². The van der Waals surface area contributed by atoms with Gasteiger partial charge in [-0.3, -0.25) is 4.79 Å². The zero-order valence-electron chi connectivity index (χ0n) is 12.8. The lowest BCUT2D eigenvalue weighted by Crippen LogP contribution is -2.35. The largest absolute Gasteiger partial charge is 0.493 e. The number of hydrogen-bond acceptors (Lipinski definition) is 5. The van der Waals surface area contributed by atoms with Crippen LogP contribution in [-0.2, 0) is 21.1 Å². The van der Waals surface area contributed by atoms with Crippen molar-refractivity contribution in [1.82, 2.24) is 5.32 Å². The van der Waals surface area contributed by atoms with Crippen LogP contribution in [0.3, 0.4) is 0 Å². The molecule has 2 rings (SSSR count). The van der Waals surface area contributed by atoms with E-state index in [-0.39, 0.29) is 23.5 Å². The van der Waals surface area contributed by atoms with Gasteiger partial charge in [0.25, 0.3) is 0 Å². The fourth-order valence-electron chi connectivity index (χ4n) is 2.50. The summed E-state index contributed by atoms with van der Waals surface area (Å²) in [4.78, 5) is 11.9. The van der Waals surface area contributed by atoms with Crippen LogP contribution in [0.4, 0.5) is 0 Å². The average Bonchev–Trinajstić information content (AvgIpc) is 2.83. The van der Waals surface area contributed by atoms with E-state index in [1.807, 2.05) is 12.1 Å². The summed E-state index contributed by atoms with van der Waals surface area (Å²) in [6.07, 6.45) is 1.38. The number of ether oxygens (including phenoxy) is 2. The Morgan fingerprint density at radius 3 is 2.59 bits per heavy atom. The molecular weight excluding hydrogens is 306 g/mol. The lowest BCUT2D eigenvalue weighted by atomic mass is 10.1. The predicted octanol–water partition coefficient (Wildman–Crippen LogP) is 0.940. The van der Waals surface area contributed by atoms with E-state index in [1.54, 1.807) is 20.3 Å². The first-order valence-corrected chi connectivity index (χ1v) is 8.96. The van der Waals surface area contributed by atoms with Gasteiger partial charge in [-0.2, -0.15) is 0 Å². The first kappa shape index (κ1) is 16.6. The van der Waals surface area contributed by atoms with Crippen LogP contribution in [0.1, 0.15) is 18.4 Å². The highest BCUT2D eigenvalue weighted by atomic mass is 32.2. The van der Waals surface area contributed by atoms with Crippen LogP contribution >= 0.6 is 0 Å². The van der Waals surface area contributed by atoms with Gasteiger partial charge in [0.05, 0.1) is 25.7 Å². The summed E-state index contributed by atoms with van der Waals surface area (Å²) in [7, 11) is 0.164. The number of carbonyl (C=O) groups excluding carboxylic acids is 1. The van der Waals surface area contributed by atoms with Gasteiger partial charge in [-0.1, -0.05) is 6.07 Å². The highest BCUT2D eigenvalue weighted by Gasteiger charge is 2.28. The minimum absolute atomic E-state index is 0.0507. The molecule has 22 heavy (non-hydrogen) atoms. The number of aryl methyl sites for hydroxylation is 1. The van der Waals surface area contributed by atoms with Crippen molar-refractivity contribution in [3.8, 4) is 11.5 Å². The standard InChI is InChI=1S/C15H21NO5S/c1-20-13-5-3-11(9-14(13)21-2)4-6-15(17)16-12-7-8-22(18,19)10-12/h3,5,9,12H,4,6-8,10H2,1-2H3,(H,16,17). The van der Waals surface area contributed by atoms with Crippen LogP contribution in [0.15, 0.2) is 18.2 Å². The number of benzene rings is 1. The second-order valence-corrected chi connectivity index (χ2v) is 7.59. The molecule has 0 aliphatic carbocycles. The van der Waals surface area contributed by atoms with Crippen molar-refractivity contribution in [3.63, 3.8) is 0 Å². The van der Waals surface area contributed by atoms with Crippen LogP contribution in [-0.4, -0.2) is 46.1 Å². The number of hydrogen-bond donors (Lipinski definition) is 1. The second-order valence-electron chi connectivity index (χ2n) is 5.36. The Kier molecular flexibility index (Phi) is 5.28. The molecule has 122 valence electrons. The maximum Gasteiger partial charge on any atom is 0.220 e. The van der Waals surface area contributed by atoms with Gasteiger partial charge in [0.2, 0.25) is 5.91 Å². The minimum atomic E-state index is -2.97. The molecule has 1 amide bonds. The summed E-state index contributed by atoms with van der Waals surface area (Å²) in [5.74, 6) is 1.36. The molecule has 1 fully saturated rings. The lowest BCUT2D eigenvalue weighted by Gasteiger charge is -2.12. The minimum Gasteiger partial charge on any atom is -0.493 e. The summed E-state index contributed by atoms with van der Waals surface area (Å²) in [5.41, 5.74) is 0.965. The highest BCUT2D eigenvalue weighted by molar-refractivity contribution is 7.91. The molecular formula is C15H21NO5S. The Morgan fingerprint density at radius 2 is 2.00 bits per heavy atom. The summed E-state index contributed by atoms with van der Waals surface area (Å²) in [5, 5.41) is 2.78. The molecule has 1 saturated heterocycles. The van der Waals surface area contributed by atoms with Crippen LogP contribution in [0, 0.1) is 0 Å². The molecule has 1 unspecified atom stereocenters. The maximum absolute atomic E-state index is 11.9. The molecule has 0 saturated carbocycles. The van der Waals surface area contributed by atoms with E-state index < -0.39 is 9.84 Å². The van der Waals surface area contributed by atoms with Gasteiger partial charge in [-0.05, 0) is 30.5 Å². The van der Waals surface area contributed by atoms with E-state index in [0.29, 0.717) is 30.8 Å². The SMILES string of the molecule is COc1ccc(CCC(=O)NC2CCS(=O)(=O)C2)cc1OC. The van der Waals surface area contributed by atoms with Crippen LogP contribution in [0.25, 0.3) is 0 Å². The third kappa shape index (κ3) is 4.37. The van der Waals surface area contributed by atoms with Crippen molar-refractivity contribution < 1.29 is 22.7 Å². The predicted molar refractivity (Wildman–Crippen MR) is 83.1 cm³/mol. The Bertz CT molecular complexity index is 641. The van der Waals surface area contributed by atoms with Gasteiger partial charge in [-0.25, -0.2) is 8.42 Å². The normalized spacial score (nSPS) is 19.6. The Morgan fingerprint density at radius 1 is 1.27 bits per heavy atom. The summed E-state index contributed by atoms with van der Waals surface area (Å²) in [6, 6.07) is 5.28. The van der Waals surface area contributed by atoms with Gasteiger partial charge in [0, 0.05) is 12.5 Å². The van der Waals surface area contributed by atoms with E-state index in [4.69, 9.17) is 9.47 Å². The number of sulfone groups is 1. The van der Waals surface area contributed by atoms with Crippen LogP contribution < -0.4 is 14.8 Å². The molecule has 0 aromatic heterocycles. The molecule has 7 heteroatoms. The lowest BCUT2D eigenvalue weighted by molar-refractivity contribution is -0.121. The molecule has 1 N–H and O–H groups in total. The quantitative estimate of drug-likeness (QED) is 0.841. The van der Waals surface area contributed by atoms with E-state index in [1.165, 1.54) is 0 Å². The third-order valence-electron chi connectivity index (χ3n) is 3.69. The monoisotopic (exact) mass is 327 g/mol. The topological polar surface area (TPSA) is 81.7 Å². The van der Waals surface area contributed by atoms with Crippen molar-refractivity contribution in [3.05, 3.63) is 23.8 Å². The van der Waals surface area contributed by atoms with E-state index in [2.05, 4.69) is 5.32 Å². The second kappa shape index (κ2) is 7.00. The van der Waals surface area contributed by atoms with Crippen molar-refractivity contribution in [2.24, 2.45) is 0 Å². The number of rotatable bonds is 6. The fraction of sp³-hybridized carbons (Fsp3) is 0.533. The number of amides is 1. The van der Waals surface area contributed by atoms with E-state index in [0.717, 1.165) is 5.56 Å². The molecule has 1 aliphatic rings. The molecule has 0 spiro atoms. The molecule has 1 aromatic rings. The van der Waals surface area contributed by atoms with Crippen molar-refractivity contribution >= 4 is 15.7 Å². The van der Waals surface area contributed by atoms with Gasteiger partial charge in [0.15, 0.2) is 21.3 Å². The van der Waals surface area contributed by atoms with Gasteiger partial charge in [-0.15, -0.1) is 0 Å². The van der Waals surface area contributed by atoms with Gasteiger partial charge >= 0.3 is 0 Å². The fourth-order valence-corrected chi connectivity index (χ4v) is 4.18. The van der Waals surface area contributed by atoms with E-state index >= 15 is 0 Å². The highest BCUT2D eigenvalue weighted by Crippen LogP contribution is 2.27. The number of carbonyl (C=O) groups is 1. The van der Waals surface area contributed by atoms with Crippen LogP contribution in [0.5, 0.6) is 11.5 Å². The Hall–Kier alpha value is -1.76. The molecule has 0 radical (unpaired) electrons. The van der Waals surface area contributed by atoms with Gasteiger partial charge in [0.1, 0.15) is 0 Å². The van der Waals surface area contributed by atoms with Crippen molar-refractivity contribution in [1.29, 1.82) is 0 Å². The van der Waals surface area contributed by atoms with Crippen LogP contribution in [0.2, 0.25) is 0 Å². The summed E-state index contributed by atoms with van der Waals surface area (Å²) >= 11 is 0. The Labute approximate surface area is 130 Å². The zero-order chi connectivity index (χ0) is 16.2. The molecule has 1 heterocycles. The van der Waals surface area contributed by atoms with Gasteiger partial charge < -0.3 is 14.8 Å². The molecule has 1 aromatic carbocycles. The maximum atomic E-state index is 11.9. The zero-order valence-corrected chi connectivity index (χ0v) is 13.6.